The summed E-state index contributed by atoms with van der Waals surface area (Å²) < 4.78 is 11.2. The van der Waals surface area contributed by atoms with Crippen LogP contribution in [0.15, 0.2) is 54.6 Å². The van der Waals surface area contributed by atoms with Gasteiger partial charge in [0.05, 0.1) is 25.4 Å². The van der Waals surface area contributed by atoms with Gasteiger partial charge >= 0.3 is 6.03 Å². The summed E-state index contributed by atoms with van der Waals surface area (Å²) >= 11 is 0. The Labute approximate surface area is 186 Å². The normalized spacial score (nSPS) is 17.7. The Morgan fingerprint density at radius 2 is 1.69 bits per heavy atom. The van der Waals surface area contributed by atoms with Crippen molar-refractivity contribution in [1.82, 2.24) is 10.2 Å². The minimum atomic E-state index is -0.777. The van der Waals surface area contributed by atoms with Crippen LogP contribution >= 0.6 is 0 Å². The molecular weight excluding hydrogens is 412 g/mol. The molecule has 1 atom stereocenters. The summed E-state index contributed by atoms with van der Waals surface area (Å²) in [6, 6.07) is 15.8. The Morgan fingerprint density at radius 3 is 2.47 bits per heavy atom. The number of ether oxygens (including phenoxy) is 2. The zero-order valence-corrected chi connectivity index (χ0v) is 17.7. The van der Waals surface area contributed by atoms with Crippen molar-refractivity contribution in [2.45, 2.75) is 12.5 Å². The van der Waals surface area contributed by atoms with Gasteiger partial charge in [-0.25, -0.2) is 4.79 Å². The van der Waals surface area contributed by atoms with E-state index in [-0.39, 0.29) is 37.4 Å². The summed E-state index contributed by atoms with van der Waals surface area (Å²) in [5.74, 6) is 0.148. The summed E-state index contributed by atoms with van der Waals surface area (Å²) in [6.07, 6.45) is -0.684. The molecule has 0 bridgehead atoms. The maximum atomic E-state index is 13.0. The molecule has 2 heterocycles. The number of para-hydroxylation sites is 3. The standard InChI is InChI=1S/C23H26N4O5/c28-21(10-11-24-23(30)25-17-6-2-1-3-7-17)27-16-20(22(29)26-12-14-31-15-13-26)32-19-9-5-4-8-18(19)27/h1-9,20H,10-16H2,(H2,24,25,30)/t20-/m1/s1. The first-order valence-corrected chi connectivity index (χ1v) is 10.6. The molecular formula is C23H26N4O5. The highest BCUT2D eigenvalue weighted by Crippen LogP contribution is 2.34. The van der Waals surface area contributed by atoms with Crippen LogP contribution in [0.2, 0.25) is 0 Å². The number of benzene rings is 2. The van der Waals surface area contributed by atoms with Gasteiger partial charge in [0.25, 0.3) is 5.91 Å². The summed E-state index contributed by atoms with van der Waals surface area (Å²) in [6.45, 7) is 2.30. The van der Waals surface area contributed by atoms with Crippen LogP contribution in [0.1, 0.15) is 6.42 Å². The van der Waals surface area contributed by atoms with Gasteiger partial charge in [0.2, 0.25) is 5.91 Å². The van der Waals surface area contributed by atoms with Gasteiger partial charge in [-0.1, -0.05) is 30.3 Å². The SMILES string of the molecule is O=C(NCCC(=O)N1C[C@H](C(=O)N2CCOCC2)Oc2ccccc21)Nc1ccccc1. The van der Waals surface area contributed by atoms with Crippen LogP contribution in [0.3, 0.4) is 0 Å². The van der Waals surface area contributed by atoms with Gasteiger partial charge in [0, 0.05) is 31.7 Å². The maximum absolute atomic E-state index is 13.0. The number of hydrogen-bond acceptors (Lipinski definition) is 5. The van der Waals surface area contributed by atoms with Crippen molar-refractivity contribution < 1.29 is 23.9 Å². The number of fused-ring (bicyclic) bond motifs is 1. The zero-order chi connectivity index (χ0) is 22.3. The highest BCUT2D eigenvalue weighted by atomic mass is 16.5. The number of amides is 4. The van der Waals surface area contributed by atoms with Crippen molar-refractivity contribution in [3.8, 4) is 5.75 Å². The number of nitrogens with one attached hydrogen (secondary N) is 2. The lowest BCUT2D eigenvalue weighted by Gasteiger charge is -2.37. The Morgan fingerprint density at radius 1 is 0.969 bits per heavy atom. The van der Waals surface area contributed by atoms with E-state index in [2.05, 4.69) is 10.6 Å². The number of nitrogens with zero attached hydrogens (tertiary/aromatic N) is 2. The van der Waals surface area contributed by atoms with Gasteiger partial charge in [0.1, 0.15) is 5.75 Å². The van der Waals surface area contributed by atoms with E-state index in [1.54, 1.807) is 40.1 Å². The molecule has 2 aliphatic heterocycles. The second kappa shape index (κ2) is 10.1. The lowest BCUT2D eigenvalue weighted by atomic mass is 10.1. The van der Waals surface area contributed by atoms with Crippen LogP contribution in [-0.2, 0) is 14.3 Å². The predicted octanol–water partition coefficient (Wildman–Crippen LogP) is 1.85. The third-order valence-corrected chi connectivity index (χ3v) is 5.33. The van der Waals surface area contributed by atoms with Gasteiger partial charge in [-0.3, -0.25) is 9.59 Å². The number of anilines is 2. The number of carbonyl (C=O) groups is 3. The van der Waals surface area contributed by atoms with E-state index in [0.717, 1.165) is 0 Å². The molecule has 2 aromatic carbocycles. The van der Waals surface area contributed by atoms with Gasteiger partial charge in [-0.2, -0.15) is 0 Å². The van der Waals surface area contributed by atoms with Crippen LogP contribution in [0.5, 0.6) is 5.75 Å². The minimum Gasteiger partial charge on any atom is -0.476 e. The Bertz CT molecular complexity index is 962. The fourth-order valence-corrected chi connectivity index (χ4v) is 3.70. The molecule has 0 aliphatic carbocycles. The van der Waals surface area contributed by atoms with Crippen molar-refractivity contribution in [3.05, 3.63) is 54.6 Å². The van der Waals surface area contributed by atoms with Crippen molar-refractivity contribution >= 4 is 29.2 Å². The number of urea groups is 1. The average molecular weight is 438 g/mol. The number of rotatable bonds is 5. The topological polar surface area (TPSA) is 100 Å². The van der Waals surface area contributed by atoms with Gasteiger partial charge < -0.3 is 29.9 Å². The first kappa shape index (κ1) is 21.6. The van der Waals surface area contributed by atoms with Crippen molar-refractivity contribution in [1.29, 1.82) is 0 Å². The summed E-state index contributed by atoms with van der Waals surface area (Å²) in [5.41, 5.74) is 1.29. The maximum Gasteiger partial charge on any atom is 0.319 e. The number of hydrogen-bond donors (Lipinski definition) is 2. The summed E-state index contributed by atoms with van der Waals surface area (Å²) in [4.78, 5) is 41.3. The van der Waals surface area contributed by atoms with E-state index < -0.39 is 6.10 Å². The highest BCUT2D eigenvalue weighted by molar-refractivity contribution is 5.98. The summed E-state index contributed by atoms with van der Waals surface area (Å²) in [5, 5.41) is 5.41. The molecule has 9 heteroatoms. The molecule has 0 aromatic heterocycles. The molecule has 4 rings (SSSR count). The molecule has 32 heavy (non-hydrogen) atoms. The van der Waals surface area contributed by atoms with E-state index in [1.807, 2.05) is 24.3 Å². The fraction of sp³-hybridized carbons (Fsp3) is 0.348. The molecule has 0 spiro atoms. The molecule has 2 aromatic rings. The smallest absolute Gasteiger partial charge is 0.319 e. The van der Waals surface area contributed by atoms with Crippen LogP contribution < -0.4 is 20.3 Å². The quantitative estimate of drug-likeness (QED) is 0.742. The third-order valence-electron chi connectivity index (χ3n) is 5.33. The monoisotopic (exact) mass is 438 g/mol. The van der Waals surface area contributed by atoms with Gasteiger partial charge in [0.15, 0.2) is 6.10 Å². The minimum absolute atomic E-state index is 0.0923. The lowest BCUT2D eigenvalue weighted by molar-refractivity contribution is -0.142. The molecule has 2 N–H and O–H groups in total. The Kier molecular flexibility index (Phi) is 6.86. The van der Waals surface area contributed by atoms with Crippen LogP contribution in [-0.4, -0.2) is 68.2 Å². The second-order valence-electron chi connectivity index (χ2n) is 7.51. The van der Waals surface area contributed by atoms with Crippen LogP contribution in [0, 0.1) is 0 Å². The molecule has 2 aliphatic rings. The first-order chi connectivity index (χ1) is 15.6. The van der Waals surface area contributed by atoms with E-state index in [1.165, 1.54) is 0 Å². The molecule has 0 radical (unpaired) electrons. The Hall–Kier alpha value is -3.59. The van der Waals surface area contributed by atoms with E-state index >= 15 is 0 Å². The first-order valence-electron chi connectivity index (χ1n) is 10.6. The van der Waals surface area contributed by atoms with E-state index in [4.69, 9.17) is 9.47 Å². The van der Waals surface area contributed by atoms with E-state index in [9.17, 15) is 14.4 Å². The van der Waals surface area contributed by atoms with Crippen molar-refractivity contribution in [3.63, 3.8) is 0 Å². The van der Waals surface area contributed by atoms with Crippen LogP contribution in [0.25, 0.3) is 0 Å². The summed E-state index contributed by atoms with van der Waals surface area (Å²) in [7, 11) is 0. The van der Waals surface area contributed by atoms with E-state index in [0.29, 0.717) is 43.4 Å². The largest absolute Gasteiger partial charge is 0.476 e. The molecule has 0 saturated carbocycles. The van der Waals surface area contributed by atoms with Gasteiger partial charge in [-0.15, -0.1) is 0 Å². The third kappa shape index (κ3) is 5.17. The molecule has 168 valence electrons. The second-order valence-corrected chi connectivity index (χ2v) is 7.51. The average Bonchev–Trinajstić information content (AvgIpc) is 2.84. The lowest BCUT2D eigenvalue weighted by Crippen LogP contribution is -2.54. The fourth-order valence-electron chi connectivity index (χ4n) is 3.70. The van der Waals surface area contributed by atoms with Crippen molar-refractivity contribution in [2.75, 3.05) is 49.6 Å². The van der Waals surface area contributed by atoms with Crippen molar-refractivity contribution in [2.24, 2.45) is 0 Å². The van der Waals surface area contributed by atoms with Gasteiger partial charge in [-0.05, 0) is 24.3 Å². The molecule has 1 fully saturated rings. The molecule has 0 unspecified atom stereocenters. The predicted molar refractivity (Wildman–Crippen MR) is 119 cm³/mol. The highest BCUT2D eigenvalue weighted by Gasteiger charge is 2.36. The molecule has 1 saturated heterocycles. The molecule has 9 nitrogen and oxygen atoms in total. The zero-order valence-electron chi connectivity index (χ0n) is 17.7. The Balaban J connectivity index is 1.36. The number of morpholine rings is 1. The number of carbonyl (C=O) groups excluding carboxylic acids is 3. The van der Waals surface area contributed by atoms with Crippen LogP contribution in [0.4, 0.5) is 16.2 Å². The molecule has 4 amide bonds.